The number of methoxy groups -OCH3 is 1. The van der Waals surface area contributed by atoms with E-state index < -0.39 is 40.9 Å². The van der Waals surface area contributed by atoms with Gasteiger partial charge in [-0.2, -0.15) is 0 Å². The van der Waals surface area contributed by atoms with Crippen molar-refractivity contribution in [1.82, 2.24) is 5.32 Å². The molecular weight excluding hydrogens is 287 g/mol. The molecular formula is C14H16F3NO3. The molecule has 0 aliphatic carbocycles. The number of ether oxygens (including phenoxy) is 1. The Bertz CT molecular complexity index is 523. The van der Waals surface area contributed by atoms with E-state index >= 15 is 0 Å². The molecule has 21 heavy (non-hydrogen) atoms. The van der Waals surface area contributed by atoms with E-state index in [1.807, 2.05) is 0 Å². The highest BCUT2D eigenvalue weighted by atomic mass is 19.1. The molecule has 1 N–H and O–H groups in total. The molecule has 1 amide bonds. The van der Waals surface area contributed by atoms with Crippen molar-refractivity contribution in [1.29, 1.82) is 0 Å². The Kier molecular flexibility index (Phi) is 5.75. The zero-order valence-electron chi connectivity index (χ0n) is 11.9. The summed E-state index contributed by atoms with van der Waals surface area (Å²) in [5, 5.41) is 2.20. The van der Waals surface area contributed by atoms with Gasteiger partial charge in [-0.1, -0.05) is 13.8 Å². The molecule has 0 spiro atoms. The van der Waals surface area contributed by atoms with Crippen LogP contribution in [0.15, 0.2) is 12.1 Å². The highest BCUT2D eigenvalue weighted by Crippen LogP contribution is 2.16. The second-order valence-corrected chi connectivity index (χ2v) is 4.92. The van der Waals surface area contributed by atoms with E-state index in [1.54, 1.807) is 13.8 Å². The van der Waals surface area contributed by atoms with Gasteiger partial charge in [-0.25, -0.2) is 18.0 Å². The molecule has 4 nitrogen and oxygen atoms in total. The van der Waals surface area contributed by atoms with Gasteiger partial charge >= 0.3 is 5.97 Å². The fourth-order valence-electron chi connectivity index (χ4n) is 1.82. The zero-order valence-corrected chi connectivity index (χ0v) is 11.9. The molecule has 1 rings (SSSR count). The lowest BCUT2D eigenvalue weighted by molar-refractivity contribution is -0.143. The molecule has 0 aromatic heterocycles. The van der Waals surface area contributed by atoms with Crippen LogP contribution in [0.25, 0.3) is 0 Å². The number of halogens is 3. The lowest BCUT2D eigenvalue weighted by Gasteiger charge is -2.18. The van der Waals surface area contributed by atoms with Gasteiger partial charge in [-0.15, -0.1) is 0 Å². The van der Waals surface area contributed by atoms with E-state index in [0.29, 0.717) is 12.1 Å². The normalized spacial score (nSPS) is 12.1. The van der Waals surface area contributed by atoms with Crippen LogP contribution in [0, 0.1) is 23.4 Å². The van der Waals surface area contributed by atoms with Gasteiger partial charge in [0.05, 0.1) is 7.11 Å². The summed E-state index contributed by atoms with van der Waals surface area (Å²) in [6.07, 6.45) is 0.239. The van der Waals surface area contributed by atoms with Crippen molar-refractivity contribution >= 4 is 11.9 Å². The minimum Gasteiger partial charge on any atom is -0.467 e. The van der Waals surface area contributed by atoms with E-state index in [4.69, 9.17) is 0 Å². The van der Waals surface area contributed by atoms with Crippen molar-refractivity contribution in [2.24, 2.45) is 5.92 Å². The second kappa shape index (κ2) is 7.10. The molecule has 0 aliphatic rings. The molecule has 0 heterocycles. The van der Waals surface area contributed by atoms with Crippen molar-refractivity contribution in [3.8, 4) is 0 Å². The van der Waals surface area contributed by atoms with Crippen LogP contribution in [-0.4, -0.2) is 25.0 Å². The number of carbonyl (C=O) groups excluding carboxylic acids is 2. The van der Waals surface area contributed by atoms with Crippen LogP contribution < -0.4 is 5.32 Å². The lowest BCUT2D eigenvalue weighted by Crippen LogP contribution is -2.43. The Morgan fingerprint density at radius 3 is 2.14 bits per heavy atom. The average molecular weight is 303 g/mol. The number of carbonyl (C=O) groups is 2. The standard InChI is InChI=1S/C14H16F3NO3/c1-7(2)4-11(14(20)21-3)18-13(19)12-9(16)5-8(15)6-10(12)17/h5-7,11H,4H2,1-3H3,(H,18,19)/t11-/m0/s1. The van der Waals surface area contributed by atoms with Crippen LogP contribution in [0.5, 0.6) is 0 Å². The number of hydrogen-bond acceptors (Lipinski definition) is 3. The Balaban J connectivity index is 2.99. The van der Waals surface area contributed by atoms with Crippen molar-refractivity contribution in [3.05, 3.63) is 35.1 Å². The first-order chi connectivity index (χ1) is 9.76. The summed E-state index contributed by atoms with van der Waals surface area (Å²) in [7, 11) is 1.14. The molecule has 0 fully saturated rings. The number of esters is 1. The Morgan fingerprint density at radius 1 is 1.19 bits per heavy atom. The fraction of sp³-hybridized carbons (Fsp3) is 0.429. The van der Waals surface area contributed by atoms with Gasteiger partial charge in [-0.05, 0) is 12.3 Å². The van der Waals surface area contributed by atoms with Crippen LogP contribution in [0.4, 0.5) is 13.2 Å². The van der Waals surface area contributed by atoms with Gasteiger partial charge in [-0.3, -0.25) is 4.79 Å². The van der Waals surface area contributed by atoms with Crippen LogP contribution in [0.3, 0.4) is 0 Å². The quantitative estimate of drug-likeness (QED) is 0.850. The summed E-state index contributed by atoms with van der Waals surface area (Å²) in [4.78, 5) is 23.4. The van der Waals surface area contributed by atoms with Gasteiger partial charge in [0.2, 0.25) is 0 Å². The molecule has 0 saturated carbocycles. The number of rotatable bonds is 5. The molecule has 116 valence electrons. The predicted molar refractivity (Wildman–Crippen MR) is 69.0 cm³/mol. The van der Waals surface area contributed by atoms with Crippen molar-refractivity contribution in [3.63, 3.8) is 0 Å². The Morgan fingerprint density at radius 2 is 1.71 bits per heavy atom. The Labute approximate surface area is 120 Å². The zero-order chi connectivity index (χ0) is 16.2. The monoisotopic (exact) mass is 303 g/mol. The van der Waals surface area contributed by atoms with Crippen molar-refractivity contribution in [2.75, 3.05) is 7.11 Å². The second-order valence-electron chi connectivity index (χ2n) is 4.92. The number of benzene rings is 1. The molecule has 0 saturated heterocycles. The third-order valence-corrected chi connectivity index (χ3v) is 2.73. The summed E-state index contributed by atoms with van der Waals surface area (Å²) in [6.45, 7) is 3.61. The van der Waals surface area contributed by atoms with Crippen LogP contribution in [0.2, 0.25) is 0 Å². The maximum Gasteiger partial charge on any atom is 0.328 e. The van der Waals surface area contributed by atoms with Gasteiger partial charge < -0.3 is 10.1 Å². The molecule has 1 aromatic carbocycles. The number of amides is 1. The van der Waals surface area contributed by atoms with E-state index in [0.717, 1.165) is 7.11 Å². The topological polar surface area (TPSA) is 55.4 Å². The van der Waals surface area contributed by atoms with E-state index in [2.05, 4.69) is 10.1 Å². The summed E-state index contributed by atoms with van der Waals surface area (Å²) >= 11 is 0. The predicted octanol–water partition coefficient (Wildman–Crippen LogP) is 2.42. The number of hydrogen-bond donors (Lipinski definition) is 1. The first kappa shape index (κ1) is 17.0. The Hall–Kier alpha value is -2.05. The maximum atomic E-state index is 13.5. The molecule has 0 aliphatic heterocycles. The van der Waals surface area contributed by atoms with Crippen molar-refractivity contribution < 1.29 is 27.5 Å². The first-order valence-electron chi connectivity index (χ1n) is 6.29. The van der Waals surface area contributed by atoms with Crippen LogP contribution >= 0.6 is 0 Å². The molecule has 0 bridgehead atoms. The minimum absolute atomic E-state index is 0.0392. The highest BCUT2D eigenvalue weighted by molar-refractivity contribution is 5.97. The van der Waals surface area contributed by atoms with Gasteiger partial charge in [0.15, 0.2) is 0 Å². The summed E-state index contributed by atoms with van der Waals surface area (Å²) < 4.78 is 44.3. The maximum absolute atomic E-state index is 13.5. The summed E-state index contributed by atoms with van der Waals surface area (Å²) in [5.41, 5.74) is -0.936. The fourth-order valence-corrected chi connectivity index (χ4v) is 1.82. The van der Waals surface area contributed by atoms with E-state index in [-0.39, 0.29) is 12.3 Å². The smallest absolute Gasteiger partial charge is 0.328 e. The number of nitrogens with one attached hydrogen (secondary N) is 1. The lowest BCUT2D eigenvalue weighted by atomic mass is 10.0. The van der Waals surface area contributed by atoms with Crippen molar-refractivity contribution in [2.45, 2.75) is 26.3 Å². The SMILES string of the molecule is COC(=O)[C@H](CC(C)C)NC(=O)c1c(F)cc(F)cc1F. The molecule has 0 unspecified atom stereocenters. The summed E-state index contributed by atoms with van der Waals surface area (Å²) in [6, 6.07) is -0.243. The van der Waals surface area contributed by atoms with Gasteiger partial charge in [0, 0.05) is 12.1 Å². The molecule has 1 aromatic rings. The van der Waals surface area contributed by atoms with Gasteiger partial charge in [0.25, 0.3) is 5.91 Å². The molecule has 7 heteroatoms. The first-order valence-corrected chi connectivity index (χ1v) is 6.29. The summed E-state index contributed by atoms with van der Waals surface area (Å²) in [5.74, 6) is -5.62. The van der Waals surface area contributed by atoms with Crippen LogP contribution in [0.1, 0.15) is 30.6 Å². The van der Waals surface area contributed by atoms with E-state index in [1.165, 1.54) is 0 Å². The third kappa shape index (κ3) is 4.47. The third-order valence-electron chi connectivity index (χ3n) is 2.73. The average Bonchev–Trinajstić information content (AvgIpc) is 2.35. The highest BCUT2D eigenvalue weighted by Gasteiger charge is 2.26. The van der Waals surface area contributed by atoms with E-state index in [9.17, 15) is 22.8 Å². The minimum atomic E-state index is -1.34. The van der Waals surface area contributed by atoms with Gasteiger partial charge in [0.1, 0.15) is 29.1 Å². The molecule has 1 atom stereocenters. The van der Waals surface area contributed by atoms with Crippen LogP contribution in [-0.2, 0) is 9.53 Å². The molecule has 0 radical (unpaired) electrons. The largest absolute Gasteiger partial charge is 0.467 e.